The van der Waals surface area contributed by atoms with Crippen molar-refractivity contribution in [2.45, 2.75) is 25.9 Å². The zero-order chi connectivity index (χ0) is 16.5. The number of hydrogen-bond acceptors (Lipinski definition) is 2. The van der Waals surface area contributed by atoms with Gasteiger partial charge in [-0.3, -0.25) is 0 Å². The molecule has 122 valence electrons. The molecule has 0 aliphatic rings. The number of nitrogens with one attached hydrogen (secondary N) is 1. The molecule has 3 nitrogen and oxygen atoms in total. The summed E-state index contributed by atoms with van der Waals surface area (Å²) in [7, 11) is 0. The highest BCUT2D eigenvalue weighted by atomic mass is 32.1. The van der Waals surface area contributed by atoms with E-state index in [4.69, 9.17) is 12.2 Å². The average molecular weight is 328 g/mol. The summed E-state index contributed by atoms with van der Waals surface area (Å²) >= 11 is 5.59. The molecule has 1 unspecified atom stereocenters. The van der Waals surface area contributed by atoms with Gasteiger partial charge in [-0.1, -0.05) is 67.6 Å². The first kappa shape index (κ1) is 17.4. The fraction of sp³-hybridized carbons (Fsp3) is 0.316. The summed E-state index contributed by atoms with van der Waals surface area (Å²) < 4.78 is 0. The van der Waals surface area contributed by atoms with Crippen LogP contribution in [0.1, 0.15) is 30.5 Å². The lowest BCUT2D eigenvalue weighted by Gasteiger charge is -2.33. The van der Waals surface area contributed by atoms with Crippen LogP contribution in [0.3, 0.4) is 0 Å². The molecular weight excluding hydrogens is 304 g/mol. The van der Waals surface area contributed by atoms with Crippen molar-refractivity contribution in [2.75, 3.05) is 13.2 Å². The van der Waals surface area contributed by atoms with E-state index in [2.05, 4.69) is 29.3 Å². The van der Waals surface area contributed by atoms with Crippen molar-refractivity contribution in [3.8, 4) is 0 Å². The van der Waals surface area contributed by atoms with E-state index >= 15 is 0 Å². The van der Waals surface area contributed by atoms with Crippen LogP contribution in [0.4, 0.5) is 0 Å². The van der Waals surface area contributed by atoms with Gasteiger partial charge in [0.2, 0.25) is 0 Å². The van der Waals surface area contributed by atoms with Gasteiger partial charge in [0, 0.05) is 13.1 Å². The van der Waals surface area contributed by atoms with Gasteiger partial charge in [-0.15, -0.1) is 0 Å². The molecule has 0 radical (unpaired) electrons. The Morgan fingerprint density at radius 2 is 1.70 bits per heavy atom. The summed E-state index contributed by atoms with van der Waals surface area (Å²) in [5, 5.41) is 13.9. The second kappa shape index (κ2) is 9.28. The largest absolute Gasteiger partial charge is 0.394 e. The van der Waals surface area contributed by atoms with E-state index in [1.54, 1.807) is 0 Å². The van der Waals surface area contributed by atoms with Crippen LogP contribution in [0, 0.1) is 0 Å². The molecule has 0 spiro atoms. The standard InChI is InChI=1S/C19H24N2OS/c1-2-13-21(18(15-22)17-11-7-4-8-12-17)19(23)20-14-16-9-5-3-6-10-16/h3-12,18,22H,2,13-15H2,1H3,(H,20,23). The zero-order valence-corrected chi connectivity index (χ0v) is 14.3. The normalized spacial score (nSPS) is 11.7. The van der Waals surface area contributed by atoms with E-state index in [0.717, 1.165) is 18.5 Å². The third kappa shape index (κ3) is 5.05. The number of aliphatic hydroxyl groups is 1. The molecule has 2 aromatic rings. The number of benzene rings is 2. The minimum atomic E-state index is -0.119. The van der Waals surface area contributed by atoms with Gasteiger partial charge in [-0.25, -0.2) is 0 Å². The van der Waals surface area contributed by atoms with Crippen LogP contribution in [0.2, 0.25) is 0 Å². The molecule has 0 bridgehead atoms. The van der Waals surface area contributed by atoms with Gasteiger partial charge in [0.1, 0.15) is 0 Å². The SMILES string of the molecule is CCCN(C(=S)NCc1ccccc1)C(CO)c1ccccc1. The first-order valence-electron chi connectivity index (χ1n) is 8.00. The first-order valence-corrected chi connectivity index (χ1v) is 8.41. The molecule has 0 aromatic heterocycles. The number of rotatable bonds is 7. The summed E-state index contributed by atoms with van der Waals surface area (Å²) in [5.41, 5.74) is 2.26. The maximum absolute atomic E-state index is 9.88. The molecule has 2 rings (SSSR count). The van der Waals surface area contributed by atoms with Crippen LogP contribution in [0.5, 0.6) is 0 Å². The highest BCUT2D eigenvalue weighted by molar-refractivity contribution is 7.80. The number of nitrogens with zero attached hydrogens (tertiary/aromatic N) is 1. The highest BCUT2D eigenvalue weighted by Crippen LogP contribution is 2.20. The fourth-order valence-electron chi connectivity index (χ4n) is 2.57. The molecule has 0 heterocycles. The lowest BCUT2D eigenvalue weighted by Crippen LogP contribution is -2.43. The van der Waals surface area contributed by atoms with Crippen LogP contribution in [-0.4, -0.2) is 28.3 Å². The summed E-state index contributed by atoms with van der Waals surface area (Å²) in [6.45, 7) is 3.65. The summed E-state index contributed by atoms with van der Waals surface area (Å²) in [4.78, 5) is 2.08. The van der Waals surface area contributed by atoms with Gasteiger partial charge in [0.25, 0.3) is 0 Å². The molecule has 2 N–H and O–H groups in total. The van der Waals surface area contributed by atoms with Gasteiger partial charge in [-0.05, 0) is 29.8 Å². The van der Waals surface area contributed by atoms with Crippen LogP contribution >= 0.6 is 12.2 Å². The molecule has 2 aromatic carbocycles. The van der Waals surface area contributed by atoms with Gasteiger partial charge < -0.3 is 15.3 Å². The fourth-order valence-corrected chi connectivity index (χ4v) is 2.86. The van der Waals surface area contributed by atoms with Crippen LogP contribution < -0.4 is 5.32 Å². The molecule has 23 heavy (non-hydrogen) atoms. The average Bonchev–Trinajstić information content (AvgIpc) is 2.61. The predicted octanol–water partition coefficient (Wildman–Crippen LogP) is 3.51. The minimum Gasteiger partial charge on any atom is -0.394 e. The van der Waals surface area contributed by atoms with Gasteiger partial charge in [0.15, 0.2) is 5.11 Å². The Morgan fingerprint density at radius 1 is 1.09 bits per heavy atom. The number of aliphatic hydroxyl groups excluding tert-OH is 1. The second-order valence-electron chi connectivity index (χ2n) is 5.45. The predicted molar refractivity (Wildman–Crippen MR) is 99.1 cm³/mol. The van der Waals surface area contributed by atoms with E-state index in [1.807, 2.05) is 48.5 Å². The van der Waals surface area contributed by atoms with Crippen LogP contribution in [-0.2, 0) is 6.54 Å². The maximum Gasteiger partial charge on any atom is 0.169 e. The van der Waals surface area contributed by atoms with Crippen LogP contribution in [0.15, 0.2) is 60.7 Å². The zero-order valence-electron chi connectivity index (χ0n) is 13.5. The molecule has 0 saturated heterocycles. The highest BCUT2D eigenvalue weighted by Gasteiger charge is 2.21. The quantitative estimate of drug-likeness (QED) is 0.763. The molecule has 0 fully saturated rings. The number of thiocarbonyl (C=S) groups is 1. The van der Waals surface area contributed by atoms with Crippen molar-refractivity contribution < 1.29 is 5.11 Å². The summed E-state index contributed by atoms with van der Waals surface area (Å²) in [6.07, 6.45) is 0.969. The molecule has 1 atom stereocenters. The van der Waals surface area contributed by atoms with E-state index < -0.39 is 0 Å². The Morgan fingerprint density at radius 3 is 2.26 bits per heavy atom. The lowest BCUT2D eigenvalue weighted by molar-refractivity contribution is 0.180. The van der Waals surface area contributed by atoms with Crippen molar-refractivity contribution in [3.05, 3.63) is 71.8 Å². The van der Waals surface area contributed by atoms with Crippen molar-refractivity contribution >= 4 is 17.3 Å². The third-order valence-corrected chi connectivity index (χ3v) is 4.12. The maximum atomic E-state index is 9.88. The molecule has 0 amide bonds. The molecule has 0 aliphatic heterocycles. The van der Waals surface area contributed by atoms with E-state index in [9.17, 15) is 5.11 Å². The summed E-state index contributed by atoms with van der Waals surface area (Å²) in [5.74, 6) is 0. The smallest absolute Gasteiger partial charge is 0.169 e. The molecule has 4 heteroatoms. The van der Waals surface area contributed by atoms with Gasteiger partial charge in [-0.2, -0.15) is 0 Å². The number of hydrogen-bond donors (Lipinski definition) is 2. The Labute approximate surface area is 144 Å². The van der Waals surface area contributed by atoms with Crippen LogP contribution in [0.25, 0.3) is 0 Å². The van der Waals surface area contributed by atoms with Crippen molar-refractivity contribution in [3.63, 3.8) is 0 Å². The Balaban J connectivity index is 2.08. The molecule has 0 aliphatic carbocycles. The van der Waals surface area contributed by atoms with E-state index in [1.165, 1.54) is 5.56 Å². The molecule has 0 saturated carbocycles. The lowest BCUT2D eigenvalue weighted by atomic mass is 10.1. The Hall–Kier alpha value is -1.91. The summed E-state index contributed by atoms with van der Waals surface area (Å²) in [6, 6.07) is 20.1. The molecular formula is C19H24N2OS. The van der Waals surface area contributed by atoms with E-state index in [0.29, 0.717) is 11.7 Å². The minimum absolute atomic E-state index is 0.0389. The van der Waals surface area contributed by atoms with Gasteiger partial charge >= 0.3 is 0 Å². The third-order valence-electron chi connectivity index (χ3n) is 3.75. The second-order valence-corrected chi connectivity index (χ2v) is 5.83. The van der Waals surface area contributed by atoms with E-state index in [-0.39, 0.29) is 12.6 Å². The monoisotopic (exact) mass is 328 g/mol. The van der Waals surface area contributed by atoms with Gasteiger partial charge in [0.05, 0.1) is 12.6 Å². The van der Waals surface area contributed by atoms with Crippen molar-refractivity contribution in [2.24, 2.45) is 0 Å². The Bertz CT molecular complexity index is 589. The first-order chi connectivity index (χ1) is 11.3. The van der Waals surface area contributed by atoms with Crippen molar-refractivity contribution in [1.82, 2.24) is 10.2 Å². The van der Waals surface area contributed by atoms with Crippen molar-refractivity contribution in [1.29, 1.82) is 0 Å². The topological polar surface area (TPSA) is 35.5 Å². The Kier molecular flexibility index (Phi) is 7.04.